The first kappa shape index (κ1) is 18.1. The fourth-order valence-electron chi connectivity index (χ4n) is 3.21. The second kappa shape index (κ2) is 8.12. The molecule has 0 bridgehead atoms. The van der Waals surface area contributed by atoms with E-state index in [0.29, 0.717) is 42.1 Å². The Morgan fingerprint density at radius 2 is 2.16 bits per heavy atom. The second-order valence-corrected chi connectivity index (χ2v) is 6.69. The number of hydrogen-bond donors (Lipinski definition) is 1. The van der Waals surface area contributed by atoms with Crippen molar-refractivity contribution >= 4 is 17.5 Å². The Morgan fingerprint density at radius 3 is 2.88 bits per heavy atom. The van der Waals surface area contributed by atoms with Crippen LogP contribution in [0.4, 0.5) is 0 Å². The summed E-state index contributed by atoms with van der Waals surface area (Å²) < 4.78 is 10.7. The first-order valence-electron chi connectivity index (χ1n) is 8.43. The van der Waals surface area contributed by atoms with Gasteiger partial charge in [0.05, 0.1) is 12.3 Å². The Balaban J connectivity index is 1.56. The summed E-state index contributed by atoms with van der Waals surface area (Å²) in [6, 6.07) is 0.471. The summed E-state index contributed by atoms with van der Waals surface area (Å²) >= 11 is 6.00. The molecule has 1 amide bonds. The fraction of sp³-hybridized carbons (Fsp3) is 0.588. The van der Waals surface area contributed by atoms with Gasteiger partial charge in [0.25, 0.3) is 5.91 Å². The van der Waals surface area contributed by atoms with Gasteiger partial charge in [-0.1, -0.05) is 11.6 Å². The molecule has 1 aromatic rings. The zero-order valence-electron chi connectivity index (χ0n) is 14.4. The van der Waals surface area contributed by atoms with E-state index in [4.69, 9.17) is 21.1 Å². The molecule has 3 heterocycles. The van der Waals surface area contributed by atoms with Crippen molar-refractivity contribution in [1.29, 1.82) is 0 Å². The van der Waals surface area contributed by atoms with Crippen LogP contribution in [-0.2, 0) is 9.47 Å². The number of likely N-dealkylation sites (tertiary alicyclic amines) is 1. The number of hydrogen-bond acceptors (Lipinski definition) is 6. The fourth-order valence-corrected chi connectivity index (χ4v) is 3.34. The molecule has 7 nitrogen and oxygen atoms in total. The molecule has 25 heavy (non-hydrogen) atoms. The van der Waals surface area contributed by atoms with Gasteiger partial charge in [-0.05, 0) is 25.8 Å². The lowest BCUT2D eigenvalue weighted by Crippen LogP contribution is -2.52. The summed E-state index contributed by atoms with van der Waals surface area (Å²) in [5, 5.41) is 3.93. The van der Waals surface area contributed by atoms with E-state index in [9.17, 15) is 4.79 Å². The number of nitrogens with zero attached hydrogens (tertiary/aromatic N) is 3. The maximum absolute atomic E-state index is 12.7. The SMILES string of the molecule is CO[C@@H]1COC=CC1NC1CCN(C(=O)c2ncnc(Cl)c2C)CC1. The number of amides is 1. The molecule has 1 fully saturated rings. The van der Waals surface area contributed by atoms with Gasteiger partial charge >= 0.3 is 0 Å². The van der Waals surface area contributed by atoms with Gasteiger partial charge in [-0.2, -0.15) is 0 Å². The van der Waals surface area contributed by atoms with Gasteiger partial charge in [0.1, 0.15) is 29.9 Å². The van der Waals surface area contributed by atoms with Crippen LogP contribution in [0.25, 0.3) is 0 Å². The normalized spacial score (nSPS) is 24.2. The van der Waals surface area contributed by atoms with E-state index >= 15 is 0 Å². The van der Waals surface area contributed by atoms with E-state index in [1.54, 1.807) is 20.3 Å². The van der Waals surface area contributed by atoms with E-state index < -0.39 is 0 Å². The monoisotopic (exact) mass is 366 g/mol. The summed E-state index contributed by atoms with van der Waals surface area (Å²) in [6.45, 7) is 3.69. The van der Waals surface area contributed by atoms with Gasteiger partial charge in [-0.3, -0.25) is 4.79 Å². The molecule has 136 valence electrons. The second-order valence-electron chi connectivity index (χ2n) is 6.33. The molecule has 0 radical (unpaired) electrons. The molecule has 0 aromatic carbocycles. The molecule has 2 aliphatic rings. The van der Waals surface area contributed by atoms with Crippen molar-refractivity contribution in [2.45, 2.75) is 38.0 Å². The van der Waals surface area contributed by atoms with E-state index in [2.05, 4.69) is 15.3 Å². The Bertz CT molecular complexity index is 647. The van der Waals surface area contributed by atoms with Crippen molar-refractivity contribution in [2.75, 3.05) is 26.8 Å². The average Bonchev–Trinajstić information content (AvgIpc) is 2.64. The molecule has 0 spiro atoms. The van der Waals surface area contributed by atoms with E-state index in [-0.39, 0.29) is 18.1 Å². The van der Waals surface area contributed by atoms with Crippen molar-refractivity contribution in [3.63, 3.8) is 0 Å². The average molecular weight is 367 g/mol. The predicted octanol–water partition coefficient (Wildman–Crippen LogP) is 1.56. The van der Waals surface area contributed by atoms with Gasteiger partial charge in [0, 0.05) is 31.8 Å². The quantitative estimate of drug-likeness (QED) is 0.815. The largest absolute Gasteiger partial charge is 0.499 e. The molecule has 1 saturated heterocycles. The van der Waals surface area contributed by atoms with Crippen LogP contribution in [0, 0.1) is 6.92 Å². The van der Waals surface area contributed by atoms with Gasteiger partial charge in [-0.15, -0.1) is 0 Å². The Hall–Kier alpha value is -1.70. The number of aromatic nitrogens is 2. The molecule has 2 atom stereocenters. The molecule has 0 saturated carbocycles. The standard InChI is InChI=1S/C17H23ClN4O3/c1-11-15(19-10-20-16(11)18)17(23)22-6-3-12(4-7-22)21-13-5-8-25-9-14(13)24-2/h5,8,10,12-14,21H,3-4,6-7,9H2,1-2H3/t13?,14-/m1/s1. The number of halogens is 1. The molecule has 1 N–H and O–H groups in total. The predicted molar refractivity (Wildman–Crippen MR) is 93.5 cm³/mol. The number of nitrogens with one attached hydrogen (secondary N) is 1. The summed E-state index contributed by atoms with van der Waals surface area (Å²) in [5.74, 6) is -0.0824. The number of ether oxygens (including phenoxy) is 2. The third-order valence-corrected chi connectivity index (χ3v) is 5.16. The smallest absolute Gasteiger partial charge is 0.272 e. The Labute approximate surface area is 152 Å². The summed E-state index contributed by atoms with van der Waals surface area (Å²) in [4.78, 5) is 22.5. The van der Waals surface area contributed by atoms with Gasteiger partial charge in [0.2, 0.25) is 0 Å². The van der Waals surface area contributed by atoms with E-state index in [1.807, 2.05) is 11.0 Å². The third-order valence-electron chi connectivity index (χ3n) is 4.78. The third kappa shape index (κ3) is 4.11. The summed E-state index contributed by atoms with van der Waals surface area (Å²) in [5.41, 5.74) is 1.02. The minimum atomic E-state index is -0.0824. The number of carbonyl (C=O) groups excluding carboxylic acids is 1. The summed E-state index contributed by atoms with van der Waals surface area (Å²) in [6.07, 6.45) is 6.81. The van der Waals surface area contributed by atoms with Crippen LogP contribution in [0.1, 0.15) is 28.9 Å². The van der Waals surface area contributed by atoms with Crippen LogP contribution in [0.15, 0.2) is 18.7 Å². The highest BCUT2D eigenvalue weighted by atomic mass is 35.5. The van der Waals surface area contributed by atoms with Crippen LogP contribution in [0.5, 0.6) is 0 Å². The first-order chi connectivity index (χ1) is 12.1. The lowest BCUT2D eigenvalue weighted by atomic mass is 10.0. The number of piperidine rings is 1. The highest BCUT2D eigenvalue weighted by Crippen LogP contribution is 2.19. The Kier molecular flexibility index (Phi) is 5.88. The molecular formula is C17H23ClN4O3. The van der Waals surface area contributed by atoms with Crippen molar-refractivity contribution in [3.05, 3.63) is 35.1 Å². The van der Waals surface area contributed by atoms with Crippen molar-refractivity contribution in [2.24, 2.45) is 0 Å². The molecular weight excluding hydrogens is 344 g/mol. The zero-order valence-corrected chi connectivity index (χ0v) is 15.2. The molecule has 8 heteroatoms. The summed E-state index contributed by atoms with van der Waals surface area (Å²) in [7, 11) is 1.69. The number of carbonyl (C=O) groups is 1. The van der Waals surface area contributed by atoms with Gasteiger partial charge in [0.15, 0.2) is 0 Å². The van der Waals surface area contributed by atoms with Crippen LogP contribution < -0.4 is 5.32 Å². The maximum Gasteiger partial charge on any atom is 0.272 e. The number of rotatable bonds is 4. The lowest BCUT2D eigenvalue weighted by Gasteiger charge is -2.36. The van der Waals surface area contributed by atoms with Crippen LogP contribution in [0.3, 0.4) is 0 Å². The van der Waals surface area contributed by atoms with E-state index in [1.165, 1.54) is 6.33 Å². The van der Waals surface area contributed by atoms with Crippen molar-refractivity contribution in [1.82, 2.24) is 20.2 Å². The first-order valence-corrected chi connectivity index (χ1v) is 8.81. The molecule has 1 unspecified atom stereocenters. The van der Waals surface area contributed by atoms with Crippen LogP contribution in [0.2, 0.25) is 5.15 Å². The van der Waals surface area contributed by atoms with Gasteiger partial charge in [-0.25, -0.2) is 9.97 Å². The molecule has 0 aliphatic carbocycles. The molecule has 3 rings (SSSR count). The lowest BCUT2D eigenvalue weighted by molar-refractivity contribution is 0.0102. The van der Waals surface area contributed by atoms with Crippen molar-refractivity contribution in [3.8, 4) is 0 Å². The van der Waals surface area contributed by atoms with Crippen molar-refractivity contribution < 1.29 is 14.3 Å². The Morgan fingerprint density at radius 1 is 1.40 bits per heavy atom. The maximum atomic E-state index is 12.7. The van der Waals surface area contributed by atoms with Crippen LogP contribution >= 0.6 is 11.6 Å². The highest BCUT2D eigenvalue weighted by Gasteiger charge is 2.29. The minimum Gasteiger partial charge on any atom is -0.499 e. The topological polar surface area (TPSA) is 76.6 Å². The number of methoxy groups -OCH3 is 1. The van der Waals surface area contributed by atoms with E-state index in [0.717, 1.165) is 12.8 Å². The molecule has 1 aromatic heterocycles. The zero-order chi connectivity index (χ0) is 17.8. The minimum absolute atomic E-state index is 0.00970. The highest BCUT2D eigenvalue weighted by molar-refractivity contribution is 6.30. The molecule has 2 aliphatic heterocycles. The van der Waals surface area contributed by atoms with Crippen LogP contribution in [-0.4, -0.2) is 65.8 Å². The van der Waals surface area contributed by atoms with Gasteiger partial charge < -0.3 is 19.7 Å².